The Morgan fingerprint density at radius 3 is 2.50 bits per heavy atom. The van der Waals surface area contributed by atoms with Crippen molar-refractivity contribution in [1.82, 2.24) is 4.90 Å². The molecule has 0 unspecified atom stereocenters. The van der Waals surface area contributed by atoms with Crippen molar-refractivity contribution in [3.8, 4) is 0 Å². The molecule has 3 heteroatoms. The molecular formula is C7H16FNO. The van der Waals surface area contributed by atoms with E-state index >= 15 is 0 Å². The average Bonchev–Trinajstić information content (AvgIpc) is 1.99. The van der Waals surface area contributed by atoms with Gasteiger partial charge >= 0.3 is 0 Å². The standard InChI is InChI=1S/C7H16FNO/c1-3-9(5-4-8)7(2)6-10/h7,10H,3-6H2,1-2H3/t7-/m0/s1. The van der Waals surface area contributed by atoms with E-state index in [1.54, 1.807) is 0 Å². The zero-order valence-electron chi connectivity index (χ0n) is 6.68. The van der Waals surface area contributed by atoms with Crippen LogP contribution in [0.3, 0.4) is 0 Å². The zero-order valence-corrected chi connectivity index (χ0v) is 6.68. The molecule has 1 N–H and O–H groups in total. The lowest BCUT2D eigenvalue weighted by molar-refractivity contribution is 0.132. The van der Waals surface area contributed by atoms with Crippen molar-refractivity contribution >= 4 is 0 Å². The van der Waals surface area contributed by atoms with Crippen molar-refractivity contribution in [3.63, 3.8) is 0 Å². The van der Waals surface area contributed by atoms with Crippen LogP contribution in [0.15, 0.2) is 0 Å². The Morgan fingerprint density at radius 1 is 1.60 bits per heavy atom. The molecule has 0 aromatic heterocycles. The first-order chi connectivity index (χ1) is 4.76. The van der Waals surface area contributed by atoms with E-state index in [0.717, 1.165) is 6.54 Å². The van der Waals surface area contributed by atoms with Gasteiger partial charge in [-0.05, 0) is 13.5 Å². The van der Waals surface area contributed by atoms with Crippen LogP contribution in [0.5, 0.6) is 0 Å². The third-order valence-electron chi connectivity index (χ3n) is 1.67. The molecule has 0 saturated carbocycles. The SMILES string of the molecule is CCN(CCF)[C@@H](C)CO. The molecule has 0 aliphatic heterocycles. The lowest BCUT2D eigenvalue weighted by atomic mass is 10.3. The van der Waals surface area contributed by atoms with Crippen LogP contribution in [-0.4, -0.2) is 42.4 Å². The summed E-state index contributed by atoms with van der Waals surface area (Å²) in [5.74, 6) is 0. The normalized spacial score (nSPS) is 14.1. The maximum Gasteiger partial charge on any atom is 0.102 e. The van der Waals surface area contributed by atoms with Crippen molar-refractivity contribution in [3.05, 3.63) is 0 Å². The van der Waals surface area contributed by atoms with Crippen LogP contribution >= 0.6 is 0 Å². The van der Waals surface area contributed by atoms with Crippen LogP contribution < -0.4 is 0 Å². The Hall–Kier alpha value is -0.150. The Balaban J connectivity index is 3.56. The highest BCUT2D eigenvalue weighted by Crippen LogP contribution is 1.96. The molecule has 0 saturated heterocycles. The maximum absolute atomic E-state index is 11.8. The van der Waals surface area contributed by atoms with E-state index in [-0.39, 0.29) is 19.3 Å². The lowest BCUT2D eigenvalue weighted by Gasteiger charge is -2.24. The van der Waals surface area contributed by atoms with Crippen LogP contribution in [0.2, 0.25) is 0 Å². The van der Waals surface area contributed by atoms with E-state index in [0.29, 0.717) is 6.54 Å². The first-order valence-corrected chi connectivity index (χ1v) is 3.67. The van der Waals surface area contributed by atoms with Gasteiger partial charge in [0.15, 0.2) is 0 Å². The van der Waals surface area contributed by atoms with Gasteiger partial charge in [-0.3, -0.25) is 4.90 Å². The minimum absolute atomic E-state index is 0.0840. The predicted molar refractivity (Wildman–Crippen MR) is 39.8 cm³/mol. The van der Waals surface area contributed by atoms with Crippen LogP contribution in [0, 0.1) is 0 Å². The molecule has 2 nitrogen and oxygen atoms in total. The maximum atomic E-state index is 11.8. The highest BCUT2D eigenvalue weighted by molar-refractivity contribution is 4.63. The third-order valence-corrected chi connectivity index (χ3v) is 1.67. The Bertz CT molecular complexity index is 80.0. The summed E-state index contributed by atoms with van der Waals surface area (Å²) in [6.07, 6.45) is 0. The molecule has 0 fully saturated rings. The van der Waals surface area contributed by atoms with Crippen LogP contribution in [-0.2, 0) is 0 Å². The van der Waals surface area contributed by atoms with E-state index in [1.807, 2.05) is 18.7 Å². The van der Waals surface area contributed by atoms with Crippen molar-refractivity contribution < 1.29 is 9.50 Å². The first-order valence-electron chi connectivity index (χ1n) is 3.67. The van der Waals surface area contributed by atoms with Gasteiger partial charge in [-0.2, -0.15) is 0 Å². The topological polar surface area (TPSA) is 23.5 Å². The fraction of sp³-hybridized carbons (Fsp3) is 1.00. The monoisotopic (exact) mass is 149 g/mol. The Labute approximate surface area is 61.6 Å². The summed E-state index contributed by atoms with van der Waals surface area (Å²) >= 11 is 0. The van der Waals surface area contributed by atoms with Gasteiger partial charge in [0.25, 0.3) is 0 Å². The lowest BCUT2D eigenvalue weighted by Crippen LogP contribution is -2.36. The number of nitrogens with zero attached hydrogens (tertiary/aromatic N) is 1. The fourth-order valence-electron chi connectivity index (χ4n) is 0.914. The quantitative estimate of drug-likeness (QED) is 0.620. The molecule has 0 bridgehead atoms. The van der Waals surface area contributed by atoms with Gasteiger partial charge in [-0.25, -0.2) is 4.39 Å². The molecule has 0 spiro atoms. The van der Waals surface area contributed by atoms with E-state index < -0.39 is 0 Å². The van der Waals surface area contributed by atoms with Crippen LogP contribution in [0.4, 0.5) is 4.39 Å². The summed E-state index contributed by atoms with van der Waals surface area (Å²) in [6.45, 7) is 4.84. The highest BCUT2D eigenvalue weighted by Gasteiger charge is 2.08. The number of hydrogen-bond acceptors (Lipinski definition) is 2. The molecule has 0 aromatic carbocycles. The van der Waals surface area contributed by atoms with Crippen molar-refractivity contribution in [2.75, 3.05) is 26.4 Å². The molecule has 0 amide bonds. The van der Waals surface area contributed by atoms with Crippen LogP contribution in [0.25, 0.3) is 0 Å². The number of alkyl halides is 1. The largest absolute Gasteiger partial charge is 0.395 e. The molecule has 10 heavy (non-hydrogen) atoms. The molecule has 1 atom stereocenters. The summed E-state index contributed by atoms with van der Waals surface area (Å²) in [6, 6.07) is 0.0840. The Morgan fingerprint density at radius 2 is 2.20 bits per heavy atom. The van der Waals surface area contributed by atoms with Crippen molar-refractivity contribution in [2.45, 2.75) is 19.9 Å². The smallest absolute Gasteiger partial charge is 0.102 e. The predicted octanol–water partition coefficient (Wildman–Crippen LogP) is 0.659. The number of aliphatic hydroxyl groups is 1. The van der Waals surface area contributed by atoms with E-state index in [1.165, 1.54) is 0 Å². The molecule has 0 radical (unpaired) electrons. The minimum Gasteiger partial charge on any atom is -0.395 e. The number of rotatable bonds is 5. The van der Waals surface area contributed by atoms with E-state index in [2.05, 4.69) is 0 Å². The highest BCUT2D eigenvalue weighted by atomic mass is 19.1. The van der Waals surface area contributed by atoms with Gasteiger partial charge in [0.2, 0.25) is 0 Å². The van der Waals surface area contributed by atoms with Gasteiger partial charge < -0.3 is 5.11 Å². The second kappa shape index (κ2) is 5.62. The summed E-state index contributed by atoms with van der Waals surface area (Å²) in [5.41, 5.74) is 0. The molecule has 0 aliphatic rings. The van der Waals surface area contributed by atoms with E-state index in [9.17, 15) is 4.39 Å². The summed E-state index contributed by atoms with van der Waals surface area (Å²) in [4.78, 5) is 1.90. The summed E-state index contributed by atoms with van der Waals surface area (Å²) < 4.78 is 11.8. The van der Waals surface area contributed by atoms with Gasteiger partial charge in [-0.1, -0.05) is 6.92 Å². The molecule has 0 aromatic rings. The van der Waals surface area contributed by atoms with Gasteiger partial charge in [0, 0.05) is 12.6 Å². The molecule has 0 heterocycles. The van der Waals surface area contributed by atoms with Gasteiger partial charge in [-0.15, -0.1) is 0 Å². The number of likely N-dealkylation sites (N-methyl/N-ethyl adjacent to an activating group) is 1. The molecular weight excluding hydrogens is 133 g/mol. The fourth-order valence-corrected chi connectivity index (χ4v) is 0.914. The number of aliphatic hydroxyl groups excluding tert-OH is 1. The summed E-state index contributed by atoms with van der Waals surface area (Å²) in [7, 11) is 0. The van der Waals surface area contributed by atoms with Crippen molar-refractivity contribution in [2.24, 2.45) is 0 Å². The van der Waals surface area contributed by atoms with Gasteiger partial charge in [0.05, 0.1) is 6.61 Å². The van der Waals surface area contributed by atoms with E-state index in [4.69, 9.17) is 5.11 Å². The average molecular weight is 149 g/mol. The van der Waals surface area contributed by atoms with Crippen LogP contribution in [0.1, 0.15) is 13.8 Å². The van der Waals surface area contributed by atoms with Gasteiger partial charge in [0.1, 0.15) is 6.67 Å². The molecule has 62 valence electrons. The van der Waals surface area contributed by atoms with Crippen molar-refractivity contribution in [1.29, 1.82) is 0 Å². The first kappa shape index (κ1) is 9.85. The number of hydrogen-bond donors (Lipinski definition) is 1. The minimum atomic E-state index is -0.335. The molecule has 0 rings (SSSR count). The second-order valence-corrected chi connectivity index (χ2v) is 2.35. The summed E-state index contributed by atoms with van der Waals surface area (Å²) in [5, 5.41) is 8.70. The second-order valence-electron chi connectivity index (χ2n) is 2.35. The number of halogens is 1. The molecule has 0 aliphatic carbocycles. The Kier molecular flexibility index (Phi) is 5.54. The third kappa shape index (κ3) is 3.13. The zero-order chi connectivity index (χ0) is 7.98.